The summed E-state index contributed by atoms with van der Waals surface area (Å²) in [5.41, 5.74) is 1.64. The number of pyridine rings is 1. The predicted octanol–water partition coefficient (Wildman–Crippen LogP) is 3.19. The Morgan fingerprint density at radius 2 is 2.04 bits per heavy atom. The van der Waals surface area contributed by atoms with Gasteiger partial charge in [0, 0.05) is 12.5 Å². The zero-order valence-electron chi connectivity index (χ0n) is 12.3. The lowest BCUT2D eigenvalue weighted by atomic mass is 10.2. The second-order valence-corrected chi connectivity index (χ2v) is 7.81. The number of aromatic nitrogens is 2. The maximum Gasteiger partial charge on any atom is 0.175 e. The largest absolute Gasteiger partial charge is 0.487 e. The van der Waals surface area contributed by atoms with Crippen LogP contribution in [0.5, 0.6) is 5.75 Å². The number of hydrogen-bond donors (Lipinski definition) is 0. The van der Waals surface area contributed by atoms with Crippen molar-refractivity contribution in [2.24, 2.45) is 0 Å². The van der Waals surface area contributed by atoms with Gasteiger partial charge in [0.2, 0.25) is 0 Å². The average molecular weight is 346 g/mol. The predicted molar refractivity (Wildman–Crippen MR) is 89.2 cm³/mol. The van der Waals surface area contributed by atoms with E-state index in [2.05, 4.69) is 9.36 Å². The maximum atomic E-state index is 11.6. The third-order valence-corrected chi connectivity index (χ3v) is 5.04. The van der Waals surface area contributed by atoms with E-state index in [1.165, 1.54) is 17.8 Å². The minimum absolute atomic E-state index is 0.283. The van der Waals surface area contributed by atoms with Gasteiger partial charge in [-0.05, 0) is 47.4 Å². The Morgan fingerprint density at radius 1 is 1.17 bits per heavy atom. The van der Waals surface area contributed by atoms with Crippen molar-refractivity contribution in [3.8, 4) is 16.3 Å². The summed E-state index contributed by atoms with van der Waals surface area (Å²) in [6, 6.07) is 12.3. The van der Waals surface area contributed by atoms with Crippen molar-refractivity contribution in [1.29, 1.82) is 0 Å². The molecule has 0 radical (unpaired) electrons. The van der Waals surface area contributed by atoms with Gasteiger partial charge in [0.05, 0.1) is 21.7 Å². The molecule has 0 aliphatic carbocycles. The highest BCUT2D eigenvalue weighted by Crippen LogP contribution is 2.22. The number of rotatable bonds is 5. The third kappa shape index (κ3) is 3.94. The number of sulfone groups is 1. The molecule has 2 heterocycles. The molecule has 0 aliphatic heterocycles. The Labute approximate surface area is 138 Å². The molecule has 0 saturated carbocycles. The Bertz CT molecular complexity index is 889. The van der Waals surface area contributed by atoms with E-state index in [4.69, 9.17) is 4.74 Å². The van der Waals surface area contributed by atoms with E-state index in [1.54, 1.807) is 30.6 Å². The highest BCUT2D eigenvalue weighted by molar-refractivity contribution is 7.90. The maximum absolute atomic E-state index is 11.6. The lowest BCUT2D eigenvalue weighted by Gasteiger charge is -2.07. The molecule has 5 nitrogen and oxygen atoms in total. The molecule has 0 unspecified atom stereocenters. The van der Waals surface area contributed by atoms with Gasteiger partial charge in [0.15, 0.2) is 9.84 Å². The second-order valence-electron chi connectivity index (χ2n) is 4.96. The van der Waals surface area contributed by atoms with E-state index < -0.39 is 9.84 Å². The first-order valence-corrected chi connectivity index (χ1v) is 9.48. The fourth-order valence-corrected chi connectivity index (χ4v) is 3.25. The van der Waals surface area contributed by atoms with Gasteiger partial charge < -0.3 is 4.74 Å². The Hall–Kier alpha value is -2.25. The van der Waals surface area contributed by atoms with Gasteiger partial charge in [0.25, 0.3) is 0 Å². The van der Waals surface area contributed by atoms with Crippen LogP contribution in [0, 0.1) is 0 Å². The summed E-state index contributed by atoms with van der Waals surface area (Å²) in [6.45, 7) is 0.283. The lowest BCUT2D eigenvalue weighted by molar-refractivity contribution is 0.305. The number of ether oxygens (including phenoxy) is 1. The van der Waals surface area contributed by atoms with Crippen LogP contribution in [0.3, 0.4) is 0 Å². The van der Waals surface area contributed by atoms with E-state index in [-0.39, 0.29) is 11.5 Å². The summed E-state index contributed by atoms with van der Waals surface area (Å²) in [4.78, 5) is 5.63. The van der Waals surface area contributed by atoms with Crippen LogP contribution >= 0.6 is 11.5 Å². The van der Waals surface area contributed by atoms with E-state index >= 15 is 0 Å². The summed E-state index contributed by atoms with van der Waals surface area (Å²) in [5.74, 6) is 0.628. The first kappa shape index (κ1) is 15.6. The molecule has 0 N–H and O–H groups in total. The molecule has 1 aromatic carbocycles. The molecule has 0 spiro atoms. The van der Waals surface area contributed by atoms with Crippen molar-refractivity contribution in [1.82, 2.24) is 9.36 Å². The smallest absolute Gasteiger partial charge is 0.175 e. The van der Waals surface area contributed by atoms with Gasteiger partial charge >= 0.3 is 0 Å². The van der Waals surface area contributed by atoms with Crippen LogP contribution in [0.25, 0.3) is 10.6 Å². The molecule has 0 bridgehead atoms. The molecule has 0 atom stereocenters. The van der Waals surface area contributed by atoms with Gasteiger partial charge in [-0.15, -0.1) is 0 Å². The molecular weight excluding hydrogens is 332 g/mol. The van der Waals surface area contributed by atoms with Gasteiger partial charge in [-0.3, -0.25) is 4.98 Å². The molecule has 23 heavy (non-hydrogen) atoms. The van der Waals surface area contributed by atoms with Gasteiger partial charge in [0.1, 0.15) is 12.4 Å². The fraction of sp³-hybridized carbons (Fsp3) is 0.125. The minimum atomic E-state index is -3.21. The molecule has 3 rings (SSSR count). The highest BCUT2D eigenvalue weighted by atomic mass is 32.2. The highest BCUT2D eigenvalue weighted by Gasteiger charge is 2.08. The third-order valence-electron chi connectivity index (χ3n) is 3.16. The molecule has 0 amide bonds. The first-order valence-electron chi connectivity index (χ1n) is 6.81. The lowest BCUT2D eigenvalue weighted by Crippen LogP contribution is -2.00. The SMILES string of the molecule is CS(=O)(=O)c1cccc(COc2ccc(-c3ccns3)nc2)c1. The molecule has 118 valence electrons. The zero-order chi connectivity index (χ0) is 16.3. The summed E-state index contributed by atoms with van der Waals surface area (Å²) < 4.78 is 32.8. The summed E-state index contributed by atoms with van der Waals surface area (Å²) >= 11 is 1.39. The molecule has 2 aromatic heterocycles. The topological polar surface area (TPSA) is 69.2 Å². The number of benzene rings is 1. The average Bonchev–Trinajstić information content (AvgIpc) is 3.07. The van der Waals surface area contributed by atoms with E-state index in [0.717, 1.165) is 16.1 Å². The molecule has 7 heteroatoms. The normalized spacial score (nSPS) is 11.3. The van der Waals surface area contributed by atoms with Gasteiger partial charge in [-0.25, -0.2) is 12.8 Å². The fourth-order valence-electron chi connectivity index (χ4n) is 1.99. The van der Waals surface area contributed by atoms with E-state index in [0.29, 0.717) is 5.75 Å². The zero-order valence-corrected chi connectivity index (χ0v) is 14.0. The van der Waals surface area contributed by atoms with Crippen molar-refractivity contribution in [2.45, 2.75) is 11.5 Å². The van der Waals surface area contributed by atoms with Crippen molar-refractivity contribution in [3.05, 3.63) is 60.4 Å². The molecule has 0 saturated heterocycles. The van der Waals surface area contributed by atoms with Crippen molar-refractivity contribution in [3.63, 3.8) is 0 Å². The van der Waals surface area contributed by atoms with E-state index in [1.807, 2.05) is 24.3 Å². The number of hydrogen-bond acceptors (Lipinski definition) is 6. The Kier molecular flexibility index (Phi) is 4.40. The Balaban J connectivity index is 1.69. The summed E-state index contributed by atoms with van der Waals surface area (Å²) in [5, 5.41) is 0. The monoisotopic (exact) mass is 346 g/mol. The van der Waals surface area contributed by atoms with Crippen LogP contribution < -0.4 is 4.74 Å². The molecule has 0 aliphatic rings. The number of nitrogens with zero attached hydrogens (tertiary/aromatic N) is 2. The minimum Gasteiger partial charge on any atom is -0.487 e. The van der Waals surface area contributed by atoms with Gasteiger partial charge in [-0.2, -0.15) is 0 Å². The Morgan fingerprint density at radius 3 is 2.70 bits per heavy atom. The van der Waals surface area contributed by atoms with E-state index in [9.17, 15) is 8.42 Å². The van der Waals surface area contributed by atoms with Crippen LogP contribution in [0.4, 0.5) is 0 Å². The molecular formula is C16H14N2O3S2. The van der Waals surface area contributed by atoms with Crippen LogP contribution in [-0.2, 0) is 16.4 Å². The first-order chi connectivity index (χ1) is 11.0. The molecule has 3 aromatic rings. The van der Waals surface area contributed by atoms with Crippen LogP contribution in [0.2, 0.25) is 0 Å². The second kappa shape index (κ2) is 6.47. The summed E-state index contributed by atoms with van der Waals surface area (Å²) in [6.07, 6.45) is 4.57. The van der Waals surface area contributed by atoms with Crippen LogP contribution in [0.15, 0.2) is 59.8 Å². The van der Waals surface area contributed by atoms with Crippen LogP contribution in [0.1, 0.15) is 5.56 Å². The van der Waals surface area contributed by atoms with Crippen LogP contribution in [-0.4, -0.2) is 24.0 Å². The standard InChI is InChI=1S/C16H14N2O3S2/c1-23(19,20)14-4-2-3-12(9-14)11-21-13-5-6-15(17-10-13)16-7-8-18-22-16/h2-10H,11H2,1H3. The van der Waals surface area contributed by atoms with Crippen molar-refractivity contribution in [2.75, 3.05) is 6.26 Å². The molecule has 0 fully saturated rings. The van der Waals surface area contributed by atoms with Gasteiger partial charge in [-0.1, -0.05) is 12.1 Å². The quantitative estimate of drug-likeness (QED) is 0.710. The summed E-state index contributed by atoms with van der Waals surface area (Å²) in [7, 11) is -3.21. The van der Waals surface area contributed by atoms with Crippen molar-refractivity contribution >= 4 is 21.4 Å². The van der Waals surface area contributed by atoms with Crippen molar-refractivity contribution < 1.29 is 13.2 Å².